The van der Waals surface area contributed by atoms with Gasteiger partial charge in [-0.2, -0.15) is 12.6 Å². The lowest BCUT2D eigenvalue weighted by molar-refractivity contribution is -0.143. The van der Waals surface area contributed by atoms with Crippen LogP contribution in [-0.2, 0) is 9.59 Å². The number of thiol groups is 1. The van der Waals surface area contributed by atoms with Crippen molar-refractivity contribution in [3.8, 4) is 0 Å². The number of carboxylic acid groups (broad SMARTS) is 1. The van der Waals surface area contributed by atoms with Gasteiger partial charge in [0.05, 0.1) is 5.25 Å². The number of carbonyl (C=O) groups excluding carboxylic acids is 1. The lowest BCUT2D eigenvalue weighted by Gasteiger charge is -2.19. The van der Waals surface area contributed by atoms with Crippen molar-refractivity contribution in [2.24, 2.45) is 0 Å². The summed E-state index contributed by atoms with van der Waals surface area (Å²) in [6.45, 7) is 3.50. The summed E-state index contributed by atoms with van der Waals surface area (Å²) in [5.74, 6) is -1.25. The lowest BCUT2D eigenvalue weighted by atomic mass is 10.3. The highest BCUT2D eigenvalue weighted by atomic mass is 32.1. The van der Waals surface area contributed by atoms with Crippen LogP contribution in [0.15, 0.2) is 0 Å². The van der Waals surface area contributed by atoms with Gasteiger partial charge in [-0.05, 0) is 13.8 Å². The Morgan fingerprint density at radius 3 is 2.33 bits per heavy atom. The molecular formula is C7H13NO3S. The van der Waals surface area contributed by atoms with Crippen molar-refractivity contribution in [2.45, 2.75) is 19.1 Å². The van der Waals surface area contributed by atoms with Crippen molar-refractivity contribution in [3.05, 3.63) is 0 Å². The first kappa shape index (κ1) is 11.3. The van der Waals surface area contributed by atoms with Crippen molar-refractivity contribution >= 4 is 24.5 Å². The Kier molecular flexibility index (Phi) is 4.73. The summed E-state index contributed by atoms with van der Waals surface area (Å²) in [4.78, 5) is 22.7. The molecule has 1 unspecified atom stereocenters. The Morgan fingerprint density at radius 1 is 1.58 bits per heavy atom. The molecule has 0 bridgehead atoms. The van der Waals surface area contributed by atoms with E-state index >= 15 is 0 Å². The Morgan fingerprint density at radius 2 is 2.08 bits per heavy atom. The van der Waals surface area contributed by atoms with Gasteiger partial charge in [0.15, 0.2) is 0 Å². The van der Waals surface area contributed by atoms with E-state index in [1.807, 2.05) is 0 Å². The maximum atomic E-state index is 11.2. The quantitative estimate of drug-likeness (QED) is 0.626. The number of aliphatic carboxylic acids is 1. The van der Waals surface area contributed by atoms with E-state index in [-0.39, 0.29) is 12.5 Å². The summed E-state index contributed by atoms with van der Waals surface area (Å²) in [7, 11) is 0. The molecule has 5 heteroatoms. The lowest BCUT2D eigenvalue weighted by Crippen LogP contribution is -2.39. The first-order valence-electron chi connectivity index (χ1n) is 3.67. The number of rotatable bonds is 4. The molecule has 0 aromatic carbocycles. The summed E-state index contributed by atoms with van der Waals surface area (Å²) in [6.07, 6.45) is 0. The van der Waals surface area contributed by atoms with Crippen LogP contribution >= 0.6 is 12.6 Å². The molecule has 4 nitrogen and oxygen atoms in total. The van der Waals surface area contributed by atoms with Crippen LogP contribution in [0.3, 0.4) is 0 Å². The first-order valence-corrected chi connectivity index (χ1v) is 4.19. The molecule has 1 N–H and O–H groups in total. The van der Waals surface area contributed by atoms with Crippen LogP contribution in [0.1, 0.15) is 13.8 Å². The van der Waals surface area contributed by atoms with Gasteiger partial charge in [-0.3, -0.25) is 9.59 Å². The highest BCUT2D eigenvalue weighted by Gasteiger charge is 2.17. The van der Waals surface area contributed by atoms with Crippen LogP contribution in [-0.4, -0.2) is 40.2 Å². The minimum Gasteiger partial charge on any atom is -0.480 e. The largest absolute Gasteiger partial charge is 0.480 e. The zero-order valence-corrected chi connectivity index (χ0v) is 8.04. The molecule has 0 heterocycles. The van der Waals surface area contributed by atoms with Crippen molar-refractivity contribution in [1.82, 2.24) is 4.90 Å². The van der Waals surface area contributed by atoms with E-state index < -0.39 is 11.2 Å². The second-order valence-electron chi connectivity index (χ2n) is 2.42. The zero-order chi connectivity index (χ0) is 9.72. The third kappa shape index (κ3) is 3.61. The molecule has 0 radical (unpaired) electrons. The number of amides is 1. The van der Waals surface area contributed by atoms with Crippen molar-refractivity contribution in [3.63, 3.8) is 0 Å². The van der Waals surface area contributed by atoms with E-state index in [0.717, 1.165) is 0 Å². The monoisotopic (exact) mass is 191 g/mol. The predicted molar refractivity (Wildman–Crippen MR) is 48.3 cm³/mol. The predicted octanol–water partition coefficient (Wildman–Crippen LogP) is 0.238. The van der Waals surface area contributed by atoms with E-state index in [1.165, 1.54) is 4.90 Å². The number of hydrogen-bond donors (Lipinski definition) is 2. The Labute approximate surface area is 77.0 Å². The molecule has 0 aliphatic carbocycles. The van der Waals surface area contributed by atoms with Crippen LogP contribution in [0.25, 0.3) is 0 Å². The third-order valence-corrected chi connectivity index (χ3v) is 1.60. The van der Waals surface area contributed by atoms with E-state index in [9.17, 15) is 9.59 Å². The summed E-state index contributed by atoms with van der Waals surface area (Å²) in [5.41, 5.74) is 0. The molecule has 0 aliphatic heterocycles. The first-order chi connectivity index (χ1) is 5.49. The molecule has 0 fully saturated rings. The number of nitrogens with zero attached hydrogens (tertiary/aromatic N) is 1. The standard InChI is InChI=1S/C7H13NO3S/c1-3-8(4-6(9)10)7(11)5(2)12/h5,12H,3-4H2,1-2H3,(H,9,10). The smallest absolute Gasteiger partial charge is 0.323 e. The number of carboxylic acids is 1. The molecule has 0 aliphatic rings. The van der Waals surface area contributed by atoms with E-state index in [0.29, 0.717) is 6.54 Å². The zero-order valence-electron chi connectivity index (χ0n) is 7.15. The maximum absolute atomic E-state index is 11.2. The minimum absolute atomic E-state index is 0.247. The van der Waals surface area contributed by atoms with Gasteiger partial charge in [0, 0.05) is 6.54 Å². The summed E-state index contributed by atoms with van der Waals surface area (Å²) in [5, 5.41) is 7.99. The van der Waals surface area contributed by atoms with E-state index in [1.54, 1.807) is 13.8 Å². The van der Waals surface area contributed by atoms with Gasteiger partial charge < -0.3 is 10.0 Å². The summed E-state index contributed by atoms with van der Waals surface area (Å²) >= 11 is 3.92. The van der Waals surface area contributed by atoms with E-state index in [2.05, 4.69) is 12.6 Å². The van der Waals surface area contributed by atoms with Crippen molar-refractivity contribution in [1.29, 1.82) is 0 Å². The fourth-order valence-electron chi connectivity index (χ4n) is 0.773. The van der Waals surface area contributed by atoms with E-state index in [4.69, 9.17) is 5.11 Å². The summed E-state index contributed by atoms with van der Waals surface area (Å²) < 4.78 is 0. The highest BCUT2D eigenvalue weighted by Crippen LogP contribution is 2.00. The summed E-state index contributed by atoms with van der Waals surface area (Å²) in [6, 6.07) is 0. The second-order valence-corrected chi connectivity index (χ2v) is 3.20. The van der Waals surface area contributed by atoms with Crippen LogP contribution in [0, 0.1) is 0 Å². The van der Waals surface area contributed by atoms with Gasteiger partial charge in [0.25, 0.3) is 0 Å². The number of likely N-dealkylation sites (N-methyl/N-ethyl adjacent to an activating group) is 1. The van der Waals surface area contributed by atoms with Gasteiger partial charge in [0.2, 0.25) is 5.91 Å². The Hall–Kier alpha value is -0.710. The van der Waals surface area contributed by atoms with Crippen molar-refractivity contribution in [2.75, 3.05) is 13.1 Å². The average Bonchev–Trinajstić information content (AvgIpc) is 1.98. The third-order valence-electron chi connectivity index (χ3n) is 1.38. The van der Waals surface area contributed by atoms with Crippen molar-refractivity contribution < 1.29 is 14.7 Å². The van der Waals surface area contributed by atoms with Crippen LogP contribution in [0.5, 0.6) is 0 Å². The van der Waals surface area contributed by atoms with Gasteiger partial charge in [-0.25, -0.2) is 0 Å². The highest BCUT2D eigenvalue weighted by molar-refractivity contribution is 7.81. The SMILES string of the molecule is CCN(CC(=O)O)C(=O)C(C)S. The number of carbonyl (C=O) groups is 2. The molecule has 0 saturated heterocycles. The molecule has 0 aromatic rings. The fraction of sp³-hybridized carbons (Fsp3) is 0.714. The average molecular weight is 191 g/mol. The molecule has 0 aromatic heterocycles. The molecule has 1 amide bonds. The Bertz CT molecular complexity index is 181. The molecule has 12 heavy (non-hydrogen) atoms. The van der Waals surface area contributed by atoms with Gasteiger partial charge in [-0.15, -0.1) is 0 Å². The minimum atomic E-state index is -1.00. The molecule has 70 valence electrons. The molecule has 0 spiro atoms. The molecule has 0 rings (SSSR count). The fourth-order valence-corrected chi connectivity index (χ4v) is 0.936. The topological polar surface area (TPSA) is 57.6 Å². The molecule has 1 atom stereocenters. The molecular weight excluding hydrogens is 178 g/mol. The molecule has 0 saturated carbocycles. The second kappa shape index (κ2) is 5.03. The van der Waals surface area contributed by atoms with Crippen LogP contribution in [0.2, 0.25) is 0 Å². The van der Waals surface area contributed by atoms with Gasteiger partial charge in [-0.1, -0.05) is 0 Å². The van der Waals surface area contributed by atoms with Gasteiger partial charge >= 0.3 is 5.97 Å². The maximum Gasteiger partial charge on any atom is 0.323 e. The van der Waals surface area contributed by atoms with Crippen LogP contribution in [0.4, 0.5) is 0 Å². The van der Waals surface area contributed by atoms with Crippen LogP contribution < -0.4 is 0 Å². The van der Waals surface area contributed by atoms with Gasteiger partial charge in [0.1, 0.15) is 6.54 Å². The Balaban J connectivity index is 4.15. The number of hydrogen-bond acceptors (Lipinski definition) is 3. The normalized spacial score (nSPS) is 12.2.